The van der Waals surface area contributed by atoms with E-state index in [9.17, 15) is 0 Å². The van der Waals surface area contributed by atoms with E-state index in [0.717, 1.165) is 24.4 Å². The minimum absolute atomic E-state index is 0.298. The van der Waals surface area contributed by atoms with Crippen molar-refractivity contribution >= 4 is 5.82 Å². The third-order valence-corrected chi connectivity index (χ3v) is 3.36. The highest BCUT2D eigenvalue weighted by Gasteiger charge is 2.37. The molecule has 0 unspecified atom stereocenters. The van der Waals surface area contributed by atoms with Gasteiger partial charge < -0.3 is 10.5 Å². The zero-order chi connectivity index (χ0) is 12.3. The van der Waals surface area contributed by atoms with Crippen LogP contribution in [-0.2, 0) is 10.3 Å². The summed E-state index contributed by atoms with van der Waals surface area (Å²) in [6, 6.07) is 1.80. The Morgan fingerprint density at radius 2 is 2.00 bits per heavy atom. The fourth-order valence-corrected chi connectivity index (χ4v) is 2.63. The molecule has 1 aromatic rings. The van der Waals surface area contributed by atoms with Crippen LogP contribution in [0.15, 0.2) is 6.07 Å². The molecule has 0 aliphatic heterocycles. The smallest absolute Gasteiger partial charge is 0.162 e. The molecule has 1 aromatic heterocycles. The highest BCUT2D eigenvalue weighted by Crippen LogP contribution is 2.39. The second kappa shape index (κ2) is 5.00. The van der Waals surface area contributed by atoms with Crippen molar-refractivity contribution in [2.45, 2.75) is 51.6 Å². The zero-order valence-corrected chi connectivity index (χ0v) is 10.7. The van der Waals surface area contributed by atoms with Gasteiger partial charge in [0.15, 0.2) is 5.82 Å². The van der Waals surface area contributed by atoms with Crippen LogP contribution in [-0.4, -0.2) is 16.6 Å². The third-order valence-electron chi connectivity index (χ3n) is 3.36. The number of aryl methyl sites for hydroxylation is 1. The van der Waals surface area contributed by atoms with Crippen LogP contribution in [0.2, 0.25) is 0 Å². The number of hydrogen-bond donors (Lipinski definition) is 1. The first-order valence-corrected chi connectivity index (χ1v) is 6.42. The van der Waals surface area contributed by atoms with E-state index in [1.807, 2.05) is 13.8 Å². The van der Waals surface area contributed by atoms with Crippen molar-refractivity contribution in [2.75, 3.05) is 12.3 Å². The van der Waals surface area contributed by atoms with Crippen molar-refractivity contribution in [3.63, 3.8) is 0 Å². The average molecular weight is 235 g/mol. The van der Waals surface area contributed by atoms with Crippen LogP contribution in [0.25, 0.3) is 0 Å². The molecule has 0 atom stereocenters. The Morgan fingerprint density at radius 3 is 2.59 bits per heavy atom. The Labute approximate surface area is 103 Å². The standard InChI is InChI=1S/C13H21N3O/c1-3-17-13(7-5-4-6-8-13)12-15-10(2)9-11(14)16-12/h9H,3-8H2,1-2H3,(H2,14,15,16). The minimum Gasteiger partial charge on any atom is -0.384 e. The van der Waals surface area contributed by atoms with Gasteiger partial charge in [0, 0.05) is 18.4 Å². The number of nitrogen functional groups attached to an aromatic ring is 1. The Hall–Kier alpha value is -1.16. The molecule has 17 heavy (non-hydrogen) atoms. The predicted octanol–water partition coefficient (Wildman–Crippen LogP) is 2.56. The highest BCUT2D eigenvalue weighted by molar-refractivity contribution is 5.30. The van der Waals surface area contributed by atoms with Crippen molar-refractivity contribution in [1.82, 2.24) is 9.97 Å². The molecule has 1 aliphatic carbocycles. The number of aromatic nitrogens is 2. The van der Waals surface area contributed by atoms with Gasteiger partial charge in [-0.25, -0.2) is 9.97 Å². The molecule has 0 bridgehead atoms. The Morgan fingerprint density at radius 1 is 1.29 bits per heavy atom. The molecule has 1 aliphatic rings. The summed E-state index contributed by atoms with van der Waals surface area (Å²) in [7, 11) is 0. The molecule has 0 aromatic carbocycles. The first-order chi connectivity index (χ1) is 8.16. The molecule has 1 saturated carbocycles. The van der Waals surface area contributed by atoms with Crippen LogP contribution in [0.4, 0.5) is 5.82 Å². The summed E-state index contributed by atoms with van der Waals surface area (Å²) in [6.07, 6.45) is 5.64. The summed E-state index contributed by atoms with van der Waals surface area (Å²) in [5, 5.41) is 0. The van der Waals surface area contributed by atoms with E-state index in [1.165, 1.54) is 19.3 Å². The van der Waals surface area contributed by atoms with Crippen molar-refractivity contribution < 1.29 is 4.74 Å². The van der Waals surface area contributed by atoms with Crippen molar-refractivity contribution in [3.05, 3.63) is 17.6 Å². The van der Waals surface area contributed by atoms with Crippen LogP contribution in [0, 0.1) is 6.92 Å². The van der Waals surface area contributed by atoms with Crippen molar-refractivity contribution in [3.8, 4) is 0 Å². The summed E-state index contributed by atoms with van der Waals surface area (Å²) < 4.78 is 5.99. The second-order valence-electron chi connectivity index (χ2n) is 4.75. The van der Waals surface area contributed by atoms with Gasteiger partial charge in [0.25, 0.3) is 0 Å². The lowest BCUT2D eigenvalue weighted by atomic mass is 9.83. The quantitative estimate of drug-likeness (QED) is 0.874. The molecule has 0 spiro atoms. The second-order valence-corrected chi connectivity index (χ2v) is 4.75. The average Bonchev–Trinajstić information content (AvgIpc) is 2.29. The van der Waals surface area contributed by atoms with Crippen molar-refractivity contribution in [2.24, 2.45) is 0 Å². The molecule has 0 saturated heterocycles. The zero-order valence-electron chi connectivity index (χ0n) is 10.7. The molecule has 2 N–H and O–H groups in total. The summed E-state index contributed by atoms with van der Waals surface area (Å²) in [5.74, 6) is 1.31. The van der Waals surface area contributed by atoms with Gasteiger partial charge in [0.05, 0.1) is 0 Å². The minimum atomic E-state index is -0.298. The summed E-state index contributed by atoms with van der Waals surface area (Å²) in [6.45, 7) is 4.66. The maximum atomic E-state index is 5.99. The normalized spacial score (nSPS) is 19.2. The number of nitrogens with zero attached hydrogens (tertiary/aromatic N) is 2. The summed E-state index contributed by atoms with van der Waals surface area (Å²) >= 11 is 0. The van der Waals surface area contributed by atoms with Crippen LogP contribution in [0.5, 0.6) is 0 Å². The lowest BCUT2D eigenvalue weighted by Crippen LogP contribution is -2.35. The van der Waals surface area contributed by atoms with Crippen LogP contribution in [0.3, 0.4) is 0 Å². The SMILES string of the molecule is CCOC1(c2nc(C)cc(N)n2)CCCCC1. The van der Waals surface area contributed by atoms with E-state index in [2.05, 4.69) is 9.97 Å². The number of ether oxygens (including phenoxy) is 1. The van der Waals surface area contributed by atoms with Gasteiger partial charge in [-0.3, -0.25) is 0 Å². The summed E-state index contributed by atoms with van der Waals surface area (Å²) in [4.78, 5) is 8.92. The lowest BCUT2D eigenvalue weighted by Gasteiger charge is -2.35. The molecule has 94 valence electrons. The molecule has 2 rings (SSSR count). The predicted molar refractivity (Wildman–Crippen MR) is 67.6 cm³/mol. The molecule has 0 amide bonds. The fraction of sp³-hybridized carbons (Fsp3) is 0.692. The summed E-state index contributed by atoms with van der Waals surface area (Å²) in [5.41, 5.74) is 6.43. The number of nitrogens with two attached hydrogens (primary N) is 1. The largest absolute Gasteiger partial charge is 0.384 e. The fourth-order valence-electron chi connectivity index (χ4n) is 2.63. The Bertz CT molecular complexity index is 360. The molecular formula is C13H21N3O. The van der Waals surface area contributed by atoms with Gasteiger partial charge in [0.2, 0.25) is 0 Å². The lowest BCUT2D eigenvalue weighted by molar-refractivity contribution is -0.0766. The van der Waals surface area contributed by atoms with Gasteiger partial charge in [-0.1, -0.05) is 19.3 Å². The molecule has 1 fully saturated rings. The van der Waals surface area contributed by atoms with Gasteiger partial charge in [-0.05, 0) is 26.7 Å². The van der Waals surface area contributed by atoms with E-state index in [1.54, 1.807) is 6.07 Å². The van der Waals surface area contributed by atoms with Gasteiger partial charge in [-0.15, -0.1) is 0 Å². The first-order valence-electron chi connectivity index (χ1n) is 6.42. The van der Waals surface area contributed by atoms with Crippen molar-refractivity contribution in [1.29, 1.82) is 0 Å². The monoisotopic (exact) mass is 235 g/mol. The molecular weight excluding hydrogens is 214 g/mol. The number of hydrogen-bond acceptors (Lipinski definition) is 4. The molecule has 0 radical (unpaired) electrons. The number of rotatable bonds is 3. The first kappa shape index (κ1) is 12.3. The van der Waals surface area contributed by atoms with Gasteiger partial charge >= 0.3 is 0 Å². The number of anilines is 1. The van der Waals surface area contributed by atoms with E-state index < -0.39 is 0 Å². The third kappa shape index (κ3) is 2.57. The molecule has 4 heteroatoms. The van der Waals surface area contributed by atoms with E-state index in [4.69, 9.17) is 10.5 Å². The topological polar surface area (TPSA) is 61.0 Å². The van der Waals surface area contributed by atoms with E-state index in [-0.39, 0.29) is 5.60 Å². The molecule has 4 nitrogen and oxygen atoms in total. The van der Waals surface area contributed by atoms with E-state index in [0.29, 0.717) is 12.4 Å². The Kier molecular flexibility index (Phi) is 3.62. The maximum absolute atomic E-state index is 5.99. The van der Waals surface area contributed by atoms with Gasteiger partial charge in [-0.2, -0.15) is 0 Å². The Balaban J connectivity index is 2.37. The van der Waals surface area contributed by atoms with Crippen LogP contribution in [0.1, 0.15) is 50.5 Å². The van der Waals surface area contributed by atoms with Crippen LogP contribution >= 0.6 is 0 Å². The van der Waals surface area contributed by atoms with Gasteiger partial charge in [0.1, 0.15) is 11.4 Å². The molecule has 1 heterocycles. The van der Waals surface area contributed by atoms with E-state index >= 15 is 0 Å². The highest BCUT2D eigenvalue weighted by atomic mass is 16.5. The van der Waals surface area contributed by atoms with Crippen LogP contribution < -0.4 is 5.73 Å². The maximum Gasteiger partial charge on any atom is 0.162 e.